The third-order valence-electron chi connectivity index (χ3n) is 4.26. The van der Waals surface area contributed by atoms with Crippen LogP contribution in [0, 0.1) is 62.3 Å². The molecule has 0 aromatic carbocycles. The van der Waals surface area contributed by atoms with Gasteiger partial charge in [-0.2, -0.15) is 20.4 Å². The zero-order chi connectivity index (χ0) is 20.6. The molecule has 0 atom stereocenters. The Bertz CT molecular complexity index is 820. The van der Waals surface area contributed by atoms with Gasteiger partial charge >= 0.3 is 0 Å². The van der Waals surface area contributed by atoms with Gasteiger partial charge in [0, 0.05) is 6.20 Å². The summed E-state index contributed by atoms with van der Waals surface area (Å²) in [7, 11) is 0. The van der Waals surface area contributed by atoms with Crippen molar-refractivity contribution in [3.63, 3.8) is 0 Å². The van der Waals surface area contributed by atoms with E-state index in [2.05, 4.69) is 37.3 Å². The highest BCUT2D eigenvalue weighted by atomic mass is 15.1. The molecule has 0 N–H and O–H groups in total. The molecule has 0 amide bonds. The molecule has 0 spiro atoms. The molecular formula is C21H30N6. The second-order valence-corrected chi connectivity index (χ2v) is 6.67. The van der Waals surface area contributed by atoms with Crippen LogP contribution in [0.5, 0.6) is 0 Å². The summed E-state index contributed by atoms with van der Waals surface area (Å²) in [6.07, 6.45) is 3.56. The van der Waals surface area contributed by atoms with E-state index in [9.17, 15) is 0 Å². The molecule has 0 fully saturated rings. The van der Waals surface area contributed by atoms with Crippen LogP contribution in [0.4, 0.5) is 0 Å². The van der Waals surface area contributed by atoms with E-state index in [1.54, 1.807) is 12.4 Å². The van der Waals surface area contributed by atoms with Crippen molar-refractivity contribution in [2.24, 2.45) is 0 Å². The van der Waals surface area contributed by atoms with Crippen molar-refractivity contribution in [1.29, 1.82) is 0 Å². The summed E-state index contributed by atoms with van der Waals surface area (Å²) in [6.45, 7) is 17.9. The molecule has 0 unspecified atom stereocenters. The minimum absolute atomic E-state index is 0.984. The molecule has 3 heterocycles. The van der Waals surface area contributed by atoms with E-state index < -0.39 is 0 Å². The SMILES string of the molecule is Cc1cc(C)c(C)nn1.Cc1cnc(C)c(C)n1.Cc1cnnc(C)c1C. The van der Waals surface area contributed by atoms with Crippen molar-refractivity contribution in [1.82, 2.24) is 30.4 Å². The summed E-state index contributed by atoms with van der Waals surface area (Å²) < 4.78 is 0. The third-order valence-corrected chi connectivity index (χ3v) is 4.26. The van der Waals surface area contributed by atoms with Gasteiger partial charge in [-0.1, -0.05) is 0 Å². The Morgan fingerprint density at radius 1 is 0.556 bits per heavy atom. The molecule has 6 nitrogen and oxygen atoms in total. The molecule has 27 heavy (non-hydrogen) atoms. The van der Waals surface area contributed by atoms with E-state index in [0.29, 0.717) is 0 Å². The Labute approximate surface area is 162 Å². The van der Waals surface area contributed by atoms with Crippen LogP contribution in [-0.4, -0.2) is 30.4 Å². The number of rotatable bonds is 0. The summed E-state index contributed by atoms with van der Waals surface area (Å²) in [5.41, 5.74) is 9.71. The lowest BCUT2D eigenvalue weighted by Gasteiger charge is -1.98. The van der Waals surface area contributed by atoms with Gasteiger partial charge in [-0.15, -0.1) is 0 Å². The van der Waals surface area contributed by atoms with Crippen molar-refractivity contribution in [2.75, 3.05) is 0 Å². The molecule has 0 aliphatic rings. The van der Waals surface area contributed by atoms with E-state index in [0.717, 1.165) is 34.2 Å². The molecule has 3 rings (SSSR count). The molecule has 3 aromatic rings. The van der Waals surface area contributed by atoms with Crippen LogP contribution in [0.2, 0.25) is 0 Å². The summed E-state index contributed by atoms with van der Waals surface area (Å²) >= 11 is 0. The molecule has 0 saturated carbocycles. The van der Waals surface area contributed by atoms with Gasteiger partial charge in [0.1, 0.15) is 0 Å². The van der Waals surface area contributed by atoms with E-state index in [-0.39, 0.29) is 0 Å². The molecule has 0 saturated heterocycles. The molecule has 0 radical (unpaired) electrons. The first kappa shape index (κ1) is 22.3. The van der Waals surface area contributed by atoms with E-state index in [1.165, 1.54) is 16.7 Å². The molecular weight excluding hydrogens is 336 g/mol. The topological polar surface area (TPSA) is 77.3 Å². The first-order valence-electron chi connectivity index (χ1n) is 8.91. The quantitative estimate of drug-likeness (QED) is 0.593. The highest BCUT2D eigenvalue weighted by molar-refractivity contribution is 5.23. The Hall–Kier alpha value is -2.76. The van der Waals surface area contributed by atoms with Crippen LogP contribution in [0.1, 0.15) is 50.9 Å². The van der Waals surface area contributed by atoms with E-state index >= 15 is 0 Å². The lowest BCUT2D eigenvalue weighted by atomic mass is 10.2. The van der Waals surface area contributed by atoms with Crippen molar-refractivity contribution in [3.8, 4) is 0 Å². The van der Waals surface area contributed by atoms with Crippen LogP contribution >= 0.6 is 0 Å². The van der Waals surface area contributed by atoms with Gasteiger partial charge in [0.25, 0.3) is 0 Å². The summed E-state index contributed by atoms with van der Waals surface area (Å²) in [5.74, 6) is 0. The fourth-order valence-corrected chi connectivity index (χ4v) is 2.00. The van der Waals surface area contributed by atoms with Crippen LogP contribution in [0.15, 0.2) is 18.5 Å². The van der Waals surface area contributed by atoms with Crippen LogP contribution in [-0.2, 0) is 0 Å². The Morgan fingerprint density at radius 3 is 1.67 bits per heavy atom. The van der Waals surface area contributed by atoms with Gasteiger partial charge < -0.3 is 0 Å². The predicted octanol–water partition coefficient (Wildman–Crippen LogP) is 4.21. The molecule has 3 aromatic heterocycles. The van der Waals surface area contributed by atoms with Crippen molar-refractivity contribution in [3.05, 3.63) is 69.3 Å². The fraction of sp³-hybridized carbons (Fsp3) is 0.429. The zero-order valence-corrected chi connectivity index (χ0v) is 17.9. The van der Waals surface area contributed by atoms with Crippen molar-refractivity contribution >= 4 is 0 Å². The minimum atomic E-state index is 0.984. The number of hydrogen-bond acceptors (Lipinski definition) is 6. The zero-order valence-electron chi connectivity index (χ0n) is 17.9. The number of nitrogens with zero attached hydrogens (tertiary/aromatic N) is 6. The smallest absolute Gasteiger partial charge is 0.0631 e. The molecule has 0 aliphatic carbocycles. The summed E-state index contributed by atoms with van der Waals surface area (Å²) in [6, 6.07) is 2.03. The lowest BCUT2D eigenvalue weighted by Crippen LogP contribution is -1.92. The average Bonchev–Trinajstić information content (AvgIpc) is 2.61. The predicted molar refractivity (Wildman–Crippen MR) is 109 cm³/mol. The standard InChI is InChI=1S/3C7H10N2/c1-5-4-8-6(2)7(3)9-5;1-5-4-8-9-7(3)6(5)2;1-5-4-6(2)8-9-7(5)3/h3*4H,1-3H3. The monoisotopic (exact) mass is 366 g/mol. The molecule has 6 heteroatoms. The van der Waals surface area contributed by atoms with Gasteiger partial charge in [0.2, 0.25) is 0 Å². The van der Waals surface area contributed by atoms with Crippen molar-refractivity contribution in [2.45, 2.75) is 62.3 Å². The second-order valence-electron chi connectivity index (χ2n) is 6.67. The Kier molecular flexibility index (Phi) is 8.59. The fourth-order valence-electron chi connectivity index (χ4n) is 2.00. The molecule has 0 aliphatic heterocycles. The van der Waals surface area contributed by atoms with Crippen LogP contribution in [0.25, 0.3) is 0 Å². The summed E-state index contributed by atoms with van der Waals surface area (Å²) in [5, 5.41) is 15.5. The van der Waals surface area contributed by atoms with Gasteiger partial charge in [-0.05, 0) is 85.1 Å². The highest BCUT2D eigenvalue weighted by Crippen LogP contribution is 2.05. The van der Waals surface area contributed by atoms with E-state index in [4.69, 9.17) is 0 Å². The molecule has 0 bridgehead atoms. The maximum absolute atomic E-state index is 4.21. The Balaban J connectivity index is 0.000000202. The lowest BCUT2D eigenvalue weighted by molar-refractivity contribution is 0.924. The first-order chi connectivity index (χ1) is 12.6. The third kappa shape index (κ3) is 7.56. The summed E-state index contributed by atoms with van der Waals surface area (Å²) in [4.78, 5) is 8.33. The molecule has 144 valence electrons. The van der Waals surface area contributed by atoms with E-state index in [1.807, 2.05) is 61.5 Å². The Morgan fingerprint density at radius 2 is 1.22 bits per heavy atom. The minimum Gasteiger partial charge on any atom is -0.258 e. The van der Waals surface area contributed by atoms with Crippen LogP contribution < -0.4 is 0 Å². The normalized spacial score (nSPS) is 9.67. The van der Waals surface area contributed by atoms with Crippen molar-refractivity contribution < 1.29 is 0 Å². The largest absolute Gasteiger partial charge is 0.258 e. The second kappa shape index (κ2) is 10.4. The van der Waals surface area contributed by atoms with Crippen LogP contribution in [0.3, 0.4) is 0 Å². The van der Waals surface area contributed by atoms with Gasteiger partial charge in [-0.25, -0.2) is 0 Å². The van der Waals surface area contributed by atoms with Gasteiger partial charge in [-0.3, -0.25) is 9.97 Å². The maximum atomic E-state index is 4.21. The number of aromatic nitrogens is 6. The maximum Gasteiger partial charge on any atom is 0.0631 e. The average molecular weight is 367 g/mol. The van der Waals surface area contributed by atoms with Gasteiger partial charge in [0.15, 0.2) is 0 Å². The highest BCUT2D eigenvalue weighted by Gasteiger charge is 1.95. The number of aryl methyl sites for hydroxylation is 8. The number of hydrogen-bond donors (Lipinski definition) is 0. The van der Waals surface area contributed by atoms with Gasteiger partial charge in [0.05, 0.1) is 40.4 Å². The first-order valence-corrected chi connectivity index (χ1v) is 8.91.